The average molecular weight is 250 g/mol. The zero-order valence-electron chi connectivity index (χ0n) is 10.2. The SMILES string of the molecule is CCn1cc(OC(C)c2ccc(C(=O)O)o2)cn1. The van der Waals surface area contributed by atoms with Gasteiger partial charge >= 0.3 is 5.97 Å². The van der Waals surface area contributed by atoms with Crippen LogP contribution < -0.4 is 4.74 Å². The number of nitrogens with zero attached hydrogens (tertiary/aromatic N) is 2. The highest BCUT2D eigenvalue weighted by molar-refractivity contribution is 5.84. The third-order valence-electron chi connectivity index (χ3n) is 2.48. The Morgan fingerprint density at radius 3 is 2.94 bits per heavy atom. The Hall–Kier alpha value is -2.24. The Kier molecular flexibility index (Phi) is 3.36. The quantitative estimate of drug-likeness (QED) is 0.881. The number of furan rings is 1. The van der Waals surface area contributed by atoms with E-state index in [-0.39, 0.29) is 11.9 Å². The van der Waals surface area contributed by atoms with Gasteiger partial charge < -0.3 is 14.3 Å². The minimum atomic E-state index is -1.09. The summed E-state index contributed by atoms with van der Waals surface area (Å²) in [5.41, 5.74) is 0. The number of hydrogen-bond acceptors (Lipinski definition) is 4. The van der Waals surface area contributed by atoms with Crippen molar-refractivity contribution in [3.8, 4) is 5.75 Å². The van der Waals surface area contributed by atoms with Gasteiger partial charge in [-0.3, -0.25) is 4.68 Å². The van der Waals surface area contributed by atoms with E-state index in [0.717, 1.165) is 6.54 Å². The second-order valence-corrected chi connectivity index (χ2v) is 3.80. The molecule has 0 aliphatic carbocycles. The number of carboxylic acids is 1. The van der Waals surface area contributed by atoms with E-state index < -0.39 is 5.97 Å². The summed E-state index contributed by atoms with van der Waals surface area (Å²) in [5.74, 6) is -0.0915. The van der Waals surface area contributed by atoms with E-state index in [4.69, 9.17) is 14.3 Å². The van der Waals surface area contributed by atoms with Crippen molar-refractivity contribution in [3.63, 3.8) is 0 Å². The Balaban J connectivity index is 2.06. The summed E-state index contributed by atoms with van der Waals surface area (Å²) in [6, 6.07) is 3.01. The number of hydrogen-bond donors (Lipinski definition) is 1. The third kappa shape index (κ3) is 2.53. The lowest BCUT2D eigenvalue weighted by molar-refractivity contribution is 0.0655. The molecule has 0 saturated carbocycles. The van der Waals surface area contributed by atoms with Crippen molar-refractivity contribution in [2.75, 3.05) is 0 Å². The first-order valence-electron chi connectivity index (χ1n) is 5.62. The molecule has 6 heteroatoms. The molecule has 6 nitrogen and oxygen atoms in total. The van der Waals surface area contributed by atoms with Crippen molar-refractivity contribution in [1.29, 1.82) is 0 Å². The van der Waals surface area contributed by atoms with Crippen LogP contribution in [0.15, 0.2) is 28.9 Å². The highest BCUT2D eigenvalue weighted by Crippen LogP contribution is 2.22. The van der Waals surface area contributed by atoms with Gasteiger partial charge in [0.05, 0.1) is 12.4 Å². The first kappa shape index (κ1) is 12.2. The van der Waals surface area contributed by atoms with Crippen LogP contribution in [0.25, 0.3) is 0 Å². The van der Waals surface area contributed by atoms with Gasteiger partial charge in [0.1, 0.15) is 5.76 Å². The van der Waals surface area contributed by atoms with E-state index >= 15 is 0 Å². The highest BCUT2D eigenvalue weighted by atomic mass is 16.5. The van der Waals surface area contributed by atoms with Crippen molar-refractivity contribution < 1.29 is 19.1 Å². The largest absolute Gasteiger partial charge is 0.479 e. The molecule has 96 valence electrons. The van der Waals surface area contributed by atoms with Crippen LogP contribution in [-0.2, 0) is 6.54 Å². The van der Waals surface area contributed by atoms with Crippen molar-refractivity contribution in [3.05, 3.63) is 36.0 Å². The summed E-state index contributed by atoms with van der Waals surface area (Å²) in [7, 11) is 0. The second kappa shape index (κ2) is 4.95. The molecule has 1 unspecified atom stereocenters. The lowest BCUT2D eigenvalue weighted by atomic mass is 10.3. The van der Waals surface area contributed by atoms with E-state index in [1.165, 1.54) is 6.07 Å². The number of aryl methyl sites for hydroxylation is 1. The summed E-state index contributed by atoms with van der Waals surface area (Å²) in [4.78, 5) is 10.7. The van der Waals surface area contributed by atoms with Crippen molar-refractivity contribution in [2.24, 2.45) is 0 Å². The normalized spacial score (nSPS) is 12.3. The number of ether oxygens (including phenoxy) is 1. The topological polar surface area (TPSA) is 77.5 Å². The number of aromatic carboxylic acids is 1. The molecule has 18 heavy (non-hydrogen) atoms. The van der Waals surface area contributed by atoms with Crippen molar-refractivity contribution in [2.45, 2.75) is 26.5 Å². The van der Waals surface area contributed by atoms with Crippen LogP contribution in [0.5, 0.6) is 5.75 Å². The lowest BCUT2D eigenvalue weighted by Crippen LogP contribution is -2.01. The summed E-state index contributed by atoms with van der Waals surface area (Å²) in [5, 5.41) is 12.8. The minimum absolute atomic E-state index is 0.0929. The van der Waals surface area contributed by atoms with Crippen molar-refractivity contribution >= 4 is 5.97 Å². The second-order valence-electron chi connectivity index (χ2n) is 3.80. The molecule has 0 aliphatic rings. The Bertz CT molecular complexity index is 544. The molecule has 2 heterocycles. The standard InChI is InChI=1S/C12H14N2O4/c1-3-14-7-9(6-13-14)17-8(2)10-4-5-11(18-10)12(15)16/h4-8H,3H2,1-2H3,(H,15,16). The van der Waals surface area contributed by atoms with E-state index in [1.54, 1.807) is 30.1 Å². The number of carbonyl (C=O) groups is 1. The first-order chi connectivity index (χ1) is 8.60. The Morgan fingerprint density at radius 1 is 1.61 bits per heavy atom. The Labute approximate surface area is 104 Å². The molecule has 0 aliphatic heterocycles. The van der Waals surface area contributed by atoms with Crippen LogP contribution in [-0.4, -0.2) is 20.9 Å². The summed E-state index contributed by atoms with van der Waals surface area (Å²) >= 11 is 0. The predicted molar refractivity (Wildman–Crippen MR) is 62.6 cm³/mol. The van der Waals surface area contributed by atoms with E-state index in [2.05, 4.69) is 5.10 Å². The van der Waals surface area contributed by atoms with Crippen LogP contribution >= 0.6 is 0 Å². The third-order valence-corrected chi connectivity index (χ3v) is 2.48. The molecule has 2 aromatic heterocycles. The molecule has 0 aromatic carbocycles. The molecule has 0 saturated heterocycles. The number of rotatable bonds is 5. The van der Waals surface area contributed by atoms with Crippen LogP contribution in [0.4, 0.5) is 0 Å². The van der Waals surface area contributed by atoms with Gasteiger partial charge in [0.2, 0.25) is 5.76 Å². The molecule has 0 bridgehead atoms. The maximum Gasteiger partial charge on any atom is 0.371 e. The number of aromatic nitrogens is 2. The molecule has 0 spiro atoms. The summed E-state index contributed by atoms with van der Waals surface area (Å²) in [6.45, 7) is 4.53. The average Bonchev–Trinajstić information content (AvgIpc) is 2.97. The van der Waals surface area contributed by atoms with Crippen LogP contribution in [0.2, 0.25) is 0 Å². The molecule has 2 aromatic rings. The van der Waals surface area contributed by atoms with Gasteiger partial charge in [0.25, 0.3) is 0 Å². The molecule has 0 fully saturated rings. The molecule has 0 amide bonds. The minimum Gasteiger partial charge on any atom is -0.479 e. The van der Waals surface area contributed by atoms with Gasteiger partial charge in [0, 0.05) is 6.54 Å². The monoisotopic (exact) mass is 250 g/mol. The first-order valence-corrected chi connectivity index (χ1v) is 5.62. The molecule has 0 radical (unpaired) electrons. The van der Waals surface area contributed by atoms with Crippen LogP contribution in [0.3, 0.4) is 0 Å². The zero-order chi connectivity index (χ0) is 13.1. The van der Waals surface area contributed by atoms with Crippen LogP contribution in [0, 0.1) is 0 Å². The molecular weight excluding hydrogens is 236 g/mol. The zero-order valence-corrected chi connectivity index (χ0v) is 10.2. The van der Waals surface area contributed by atoms with Gasteiger partial charge in [0.15, 0.2) is 11.9 Å². The summed E-state index contributed by atoms with van der Waals surface area (Å²) < 4.78 is 12.5. The lowest BCUT2D eigenvalue weighted by Gasteiger charge is -2.09. The van der Waals surface area contributed by atoms with Gasteiger partial charge in [-0.15, -0.1) is 0 Å². The maximum absolute atomic E-state index is 10.7. The molecule has 1 N–H and O–H groups in total. The van der Waals surface area contributed by atoms with Gasteiger partial charge in [-0.1, -0.05) is 0 Å². The van der Waals surface area contributed by atoms with E-state index in [0.29, 0.717) is 11.5 Å². The smallest absolute Gasteiger partial charge is 0.371 e. The molecule has 1 atom stereocenters. The molecule has 2 rings (SSSR count). The fourth-order valence-electron chi connectivity index (χ4n) is 1.53. The number of carboxylic acid groups (broad SMARTS) is 1. The van der Waals surface area contributed by atoms with Gasteiger partial charge in [-0.25, -0.2) is 4.79 Å². The maximum atomic E-state index is 10.7. The van der Waals surface area contributed by atoms with E-state index in [1.807, 2.05) is 6.92 Å². The van der Waals surface area contributed by atoms with E-state index in [9.17, 15) is 4.79 Å². The highest BCUT2D eigenvalue weighted by Gasteiger charge is 2.15. The fraction of sp³-hybridized carbons (Fsp3) is 0.333. The fourth-order valence-corrected chi connectivity index (χ4v) is 1.53. The summed E-state index contributed by atoms with van der Waals surface area (Å²) in [6.07, 6.45) is 3.02. The van der Waals surface area contributed by atoms with Crippen molar-refractivity contribution in [1.82, 2.24) is 9.78 Å². The van der Waals surface area contributed by atoms with Crippen LogP contribution in [0.1, 0.15) is 36.3 Å². The Morgan fingerprint density at radius 2 is 2.39 bits per heavy atom. The van der Waals surface area contributed by atoms with Gasteiger partial charge in [-0.05, 0) is 26.0 Å². The molecular formula is C12H14N2O4. The van der Waals surface area contributed by atoms with Gasteiger partial charge in [-0.2, -0.15) is 5.10 Å². The predicted octanol–water partition coefficient (Wildman–Crippen LogP) is 2.33.